The predicted octanol–water partition coefficient (Wildman–Crippen LogP) is 1.18. The van der Waals surface area contributed by atoms with Crippen LogP contribution in [-0.2, 0) is 24.9 Å². The highest BCUT2D eigenvalue weighted by molar-refractivity contribution is 5.77. The Balaban J connectivity index is 1.74. The smallest absolute Gasteiger partial charge is 0.234 e. The molecule has 1 aromatic carbocycles. The number of carbonyl (C=O) groups is 1. The number of nitrogens with zero attached hydrogens (tertiary/aromatic N) is 3. The van der Waals surface area contributed by atoms with Gasteiger partial charge in [-0.1, -0.05) is 12.1 Å². The van der Waals surface area contributed by atoms with Crippen LogP contribution in [0.25, 0.3) is 0 Å². The van der Waals surface area contributed by atoms with Crippen LogP contribution in [0.4, 0.5) is 0 Å². The van der Waals surface area contributed by atoms with Gasteiger partial charge in [-0.15, -0.1) is 0 Å². The Morgan fingerprint density at radius 3 is 2.64 bits per heavy atom. The Morgan fingerprint density at radius 1 is 1.32 bits per heavy atom. The highest BCUT2D eigenvalue weighted by Gasteiger charge is 2.08. The lowest BCUT2D eigenvalue weighted by Crippen LogP contribution is -2.34. The molecule has 22 heavy (non-hydrogen) atoms. The third kappa shape index (κ3) is 4.89. The Kier molecular flexibility index (Phi) is 5.55. The van der Waals surface area contributed by atoms with Crippen LogP contribution in [0, 0.1) is 0 Å². The first-order valence-corrected chi connectivity index (χ1v) is 7.12. The quantitative estimate of drug-likeness (QED) is 0.834. The van der Waals surface area contributed by atoms with Crippen LogP contribution >= 0.6 is 0 Å². The molecule has 1 aromatic heterocycles. The number of ether oxygens (including phenoxy) is 1. The molecule has 0 spiro atoms. The highest BCUT2D eigenvalue weighted by Crippen LogP contribution is 2.10. The van der Waals surface area contributed by atoms with Gasteiger partial charge in [0.15, 0.2) is 0 Å². The Labute approximate surface area is 130 Å². The monoisotopic (exact) mass is 302 g/mol. The lowest BCUT2D eigenvalue weighted by molar-refractivity contribution is -0.122. The van der Waals surface area contributed by atoms with E-state index in [0.717, 1.165) is 16.9 Å². The van der Waals surface area contributed by atoms with E-state index in [9.17, 15) is 4.79 Å². The molecule has 0 aliphatic rings. The number of nitrogens with one attached hydrogen (secondary N) is 1. The van der Waals surface area contributed by atoms with Crippen molar-refractivity contribution in [3.63, 3.8) is 0 Å². The SMILES string of the molecule is COc1ccc(CNC(=O)CN(C)Cc2cnn(C)c2)cc1. The fourth-order valence-electron chi connectivity index (χ4n) is 2.17. The number of carbonyl (C=O) groups excluding carboxylic acids is 1. The third-order valence-electron chi connectivity index (χ3n) is 3.27. The lowest BCUT2D eigenvalue weighted by atomic mass is 10.2. The second-order valence-electron chi connectivity index (χ2n) is 5.32. The van der Waals surface area contributed by atoms with Gasteiger partial charge in [-0.05, 0) is 24.7 Å². The number of amides is 1. The number of benzene rings is 1. The molecule has 1 N–H and O–H groups in total. The van der Waals surface area contributed by atoms with Crippen LogP contribution in [0.3, 0.4) is 0 Å². The Bertz CT molecular complexity index is 607. The maximum atomic E-state index is 11.9. The molecule has 0 aliphatic carbocycles. The van der Waals surface area contributed by atoms with Gasteiger partial charge in [0.1, 0.15) is 5.75 Å². The van der Waals surface area contributed by atoms with Crippen molar-refractivity contribution in [1.29, 1.82) is 0 Å². The van der Waals surface area contributed by atoms with E-state index in [4.69, 9.17) is 4.74 Å². The fourth-order valence-corrected chi connectivity index (χ4v) is 2.17. The predicted molar refractivity (Wildman–Crippen MR) is 84.4 cm³/mol. The average Bonchev–Trinajstić information content (AvgIpc) is 2.90. The molecule has 1 heterocycles. The Morgan fingerprint density at radius 2 is 2.05 bits per heavy atom. The van der Waals surface area contributed by atoms with E-state index in [1.54, 1.807) is 11.8 Å². The van der Waals surface area contributed by atoms with Gasteiger partial charge in [0, 0.05) is 31.9 Å². The normalized spacial score (nSPS) is 10.7. The topological polar surface area (TPSA) is 59.4 Å². The van der Waals surface area contributed by atoms with Gasteiger partial charge in [0.05, 0.1) is 19.9 Å². The third-order valence-corrected chi connectivity index (χ3v) is 3.27. The summed E-state index contributed by atoms with van der Waals surface area (Å²) in [5.41, 5.74) is 2.14. The van der Waals surface area contributed by atoms with Gasteiger partial charge in [-0.2, -0.15) is 5.10 Å². The molecule has 118 valence electrons. The van der Waals surface area contributed by atoms with Crippen LogP contribution in [0.2, 0.25) is 0 Å². The van der Waals surface area contributed by atoms with Gasteiger partial charge in [-0.25, -0.2) is 0 Å². The van der Waals surface area contributed by atoms with Crippen molar-refractivity contribution < 1.29 is 9.53 Å². The van der Waals surface area contributed by atoms with E-state index in [0.29, 0.717) is 19.6 Å². The molecule has 2 aromatic rings. The zero-order chi connectivity index (χ0) is 15.9. The molecule has 0 saturated heterocycles. The largest absolute Gasteiger partial charge is 0.497 e. The summed E-state index contributed by atoms with van der Waals surface area (Å²) < 4.78 is 6.86. The van der Waals surface area contributed by atoms with E-state index in [2.05, 4.69) is 10.4 Å². The van der Waals surface area contributed by atoms with Crippen molar-refractivity contribution in [3.8, 4) is 5.75 Å². The van der Waals surface area contributed by atoms with E-state index in [1.807, 2.05) is 55.7 Å². The van der Waals surface area contributed by atoms with Crippen LogP contribution in [0.15, 0.2) is 36.7 Å². The summed E-state index contributed by atoms with van der Waals surface area (Å²) >= 11 is 0. The lowest BCUT2D eigenvalue weighted by Gasteiger charge is -2.15. The second-order valence-corrected chi connectivity index (χ2v) is 5.32. The molecule has 6 heteroatoms. The first kappa shape index (κ1) is 16.0. The highest BCUT2D eigenvalue weighted by atomic mass is 16.5. The van der Waals surface area contributed by atoms with E-state index >= 15 is 0 Å². The number of aromatic nitrogens is 2. The molecule has 0 aliphatic heterocycles. The summed E-state index contributed by atoms with van der Waals surface area (Å²) in [7, 11) is 5.43. The standard InChI is InChI=1S/C16H22N4O2/c1-19(10-14-9-18-20(2)11-14)12-16(21)17-8-13-4-6-15(22-3)7-5-13/h4-7,9,11H,8,10,12H2,1-3H3,(H,17,21). The molecule has 2 rings (SSSR count). The number of aryl methyl sites for hydroxylation is 1. The summed E-state index contributed by atoms with van der Waals surface area (Å²) in [6, 6.07) is 7.66. The molecule has 1 amide bonds. The van der Waals surface area contributed by atoms with Crippen LogP contribution in [0.5, 0.6) is 5.75 Å². The van der Waals surface area contributed by atoms with E-state index in [1.165, 1.54) is 0 Å². The maximum Gasteiger partial charge on any atom is 0.234 e. The molecule has 0 fully saturated rings. The molecular weight excluding hydrogens is 280 g/mol. The van der Waals surface area contributed by atoms with Gasteiger partial charge in [0.25, 0.3) is 0 Å². The van der Waals surface area contributed by atoms with E-state index in [-0.39, 0.29) is 5.91 Å². The van der Waals surface area contributed by atoms with Crippen molar-refractivity contribution in [2.45, 2.75) is 13.1 Å². The Hall–Kier alpha value is -2.34. The van der Waals surface area contributed by atoms with Crippen LogP contribution in [-0.4, -0.2) is 41.3 Å². The zero-order valence-electron chi connectivity index (χ0n) is 13.2. The summed E-state index contributed by atoms with van der Waals surface area (Å²) in [5.74, 6) is 0.813. The fraction of sp³-hybridized carbons (Fsp3) is 0.375. The van der Waals surface area contributed by atoms with Gasteiger partial charge in [0.2, 0.25) is 5.91 Å². The molecule has 0 bridgehead atoms. The van der Waals surface area contributed by atoms with Crippen molar-refractivity contribution in [3.05, 3.63) is 47.8 Å². The number of hydrogen-bond donors (Lipinski definition) is 1. The number of methoxy groups -OCH3 is 1. The summed E-state index contributed by atoms with van der Waals surface area (Å²) in [5, 5.41) is 7.03. The summed E-state index contributed by atoms with van der Waals surface area (Å²) in [6.45, 7) is 1.57. The zero-order valence-corrected chi connectivity index (χ0v) is 13.2. The van der Waals surface area contributed by atoms with Gasteiger partial charge in [-0.3, -0.25) is 14.4 Å². The van der Waals surface area contributed by atoms with E-state index < -0.39 is 0 Å². The van der Waals surface area contributed by atoms with Gasteiger partial charge >= 0.3 is 0 Å². The number of rotatable bonds is 7. The molecule has 0 unspecified atom stereocenters. The molecule has 0 atom stereocenters. The van der Waals surface area contributed by atoms with Gasteiger partial charge < -0.3 is 10.1 Å². The van der Waals surface area contributed by atoms with Crippen LogP contribution < -0.4 is 10.1 Å². The number of likely N-dealkylation sites (N-methyl/N-ethyl adjacent to an activating group) is 1. The first-order valence-electron chi connectivity index (χ1n) is 7.12. The second kappa shape index (κ2) is 7.61. The minimum atomic E-state index is 0.00204. The van der Waals surface area contributed by atoms with Crippen molar-refractivity contribution in [2.75, 3.05) is 20.7 Å². The summed E-state index contributed by atoms with van der Waals surface area (Å²) in [4.78, 5) is 13.9. The number of hydrogen-bond acceptors (Lipinski definition) is 4. The van der Waals surface area contributed by atoms with Crippen LogP contribution in [0.1, 0.15) is 11.1 Å². The minimum Gasteiger partial charge on any atom is -0.497 e. The molecule has 6 nitrogen and oxygen atoms in total. The maximum absolute atomic E-state index is 11.9. The first-order chi connectivity index (χ1) is 10.6. The molecule has 0 saturated carbocycles. The van der Waals surface area contributed by atoms with Crippen molar-refractivity contribution >= 4 is 5.91 Å². The minimum absolute atomic E-state index is 0.00204. The molecule has 0 radical (unpaired) electrons. The summed E-state index contributed by atoms with van der Waals surface area (Å²) in [6.07, 6.45) is 3.76. The van der Waals surface area contributed by atoms with Crippen molar-refractivity contribution in [1.82, 2.24) is 20.0 Å². The molecular formula is C16H22N4O2. The van der Waals surface area contributed by atoms with Crippen molar-refractivity contribution in [2.24, 2.45) is 7.05 Å². The average molecular weight is 302 g/mol.